The van der Waals surface area contributed by atoms with Crippen molar-refractivity contribution in [1.82, 2.24) is 10.2 Å². The van der Waals surface area contributed by atoms with Crippen LogP contribution in [0.3, 0.4) is 0 Å². The molecule has 2 rings (SSSR count). The van der Waals surface area contributed by atoms with Gasteiger partial charge in [0.05, 0.1) is 0 Å². The molecule has 0 aliphatic carbocycles. The second-order valence-electron chi connectivity index (χ2n) is 3.42. The molecule has 0 atom stereocenters. The summed E-state index contributed by atoms with van der Waals surface area (Å²) in [5.74, 6) is 0.116. The van der Waals surface area contributed by atoms with E-state index in [1.807, 2.05) is 28.5 Å². The summed E-state index contributed by atoms with van der Waals surface area (Å²) in [5, 5.41) is 5.23. The first-order valence-corrected chi connectivity index (χ1v) is 5.95. The van der Waals surface area contributed by atoms with Gasteiger partial charge >= 0.3 is 0 Å². The van der Waals surface area contributed by atoms with Gasteiger partial charge in [0.1, 0.15) is 0 Å². The summed E-state index contributed by atoms with van der Waals surface area (Å²) in [5.41, 5.74) is 0. The van der Waals surface area contributed by atoms with Crippen LogP contribution in [0.5, 0.6) is 0 Å². The standard InChI is InChI=1S/C11H14N2OS/c14-11(13-7-5-12-6-8-13)4-3-10-2-1-9-15-10/h1-4,9,12H,5-8H2/b4-3-. The van der Waals surface area contributed by atoms with Gasteiger partial charge in [-0.1, -0.05) is 6.07 Å². The first-order valence-electron chi connectivity index (χ1n) is 5.07. The molecule has 4 heteroatoms. The van der Waals surface area contributed by atoms with Gasteiger partial charge in [-0.25, -0.2) is 0 Å². The van der Waals surface area contributed by atoms with Crippen LogP contribution in [0.2, 0.25) is 0 Å². The number of carbonyl (C=O) groups excluding carboxylic acids is 1. The predicted octanol–water partition coefficient (Wildman–Crippen LogP) is 1.19. The van der Waals surface area contributed by atoms with Gasteiger partial charge in [0.2, 0.25) is 5.91 Å². The van der Waals surface area contributed by atoms with Gasteiger partial charge in [0.25, 0.3) is 0 Å². The van der Waals surface area contributed by atoms with E-state index in [9.17, 15) is 4.79 Å². The first-order chi connectivity index (χ1) is 7.36. The Kier molecular flexibility index (Phi) is 3.53. The van der Waals surface area contributed by atoms with Crippen molar-refractivity contribution in [3.05, 3.63) is 28.5 Å². The maximum absolute atomic E-state index is 11.7. The molecule has 0 bridgehead atoms. The van der Waals surface area contributed by atoms with E-state index in [2.05, 4.69) is 5.32 Å². The number of rotatable bonds is 2. The Bertz CT molecular complexity index is 339. The van der Waals surface area contributed by atoms with Crippen LogP contribution in [0, 0.1) is 0 Å². The largest absolute Gasteiger partial charge is 0.337 e. The molecular weight excluding hydrogens is 208 g/mol. The topological polar surface area (TPSA) is 32.3 Å². The molecular formula is C11H14N2OS. The predicted molar refractivity (Wildman–Crippen MR) is 62.8 cm³/mol. The summed E-state index contributed by atoms with van der Waals surface area (Å²) >= 11 is 1.64. The van der Waals surface area contributed by atoms with Gasteiger partial charge in [0.15, 0.2) is 0 Å². The first kappa shape index (κ1) is 10.4. The lowest BCUT2D eigenvalue weighted by Crippen LogP contribution is -2.45. The second kappa shape index (κ2) is 5.09. The van der Waals surface area contributed by atoms with Crippen molar-refractivity contribution in [2.45, 2.75) is 0 Å². The Labute approximate surface area is 93.4 Å². The highest BCUT2D eigenvalue weighted by atomic mass is 32.1. The zero-order valence-electron chi connectivity index (χ0n) is 8.48. The third-order valence-corrected chi connectivity index (χ3v) is 3.20. The normalized spacial score (nSPS) is 17.2. The van der Waals surface area contributed by atoms with Gasteiger partial charge in [0, 0.05) is 37.1 Å². The highest BCUT2D eigenvalue weighted by molar-refractivity contribution is 7.10. The van der Waals surface area contributed by atoms with E-state index in [0.29, 0.717) is 0 Å². The zero-order chi connectivity index (χ0) is 10.5. The minimum Gasteiger partial charge on any atom is -0.337 e. The molecule has 1 aromatic heterocycles. The van der Waals surface area contributed by atoms with Crippen LogP contribution in [0.25, 0.3) is 6.08 Å². The summed E-state index contributed by atoms with van der Waals surface area (Å²) in [7, 11) is 0. The molecule has 1 aromatic rings. The van der Waals surface area contributed by atoms with Crippen LogP contribution < -0.4 is 5.32 Å². The number of carbonyl (C=O) groups is 1. The molecule has 1 saturated heterocycles. The number of nitrogens with one attached hydrogen (secondary N) is 1. The third-order valence-electron chi connectivity index (χ3n) is 2.36. The summed E-state index contributed by atoms with van der Waals surface area (Å²) in [6.45, 7) is 3.43. The molecule has 0 saturated carbocycles. The number of hydrogen-bond donors (Lipinski definition) is 1. The van der Waals surface area contributed by atoms with Crippen LogP contribution in [0.15, 0.2) is 23.6 Å². The fourth-order valence-electron chi connectivity index (χ4n) is 1.53. The number of piperazine rings is 1. The highest BCUT2D eigenvalue weighted by Crippen LogP contribution is 2.10. The van der Waals surface area contributed by atoms with E-state index < -0.39 is 0 Å². The number of nitrogens with zero attached hydrogens (tertiary/aromatic N) is 1. The smallest absolute Gasteiger partial charge is 0.246 e. The molecule has 0 spiro atoms. The van der Waals surface area contributed by atoms with Crippen LogP contribution in [0.1, 0.15) is 4.88 Å². The minimum absolute atomic E-state index is 0.116. The zero-order valence-corrected chi connectivity index (χ0v) is 9.30. The fraction of sp³-hybridized carbons (Fsp3) is 0.364. The molecule has 1 aliphatic rings. The summed E-state index contributed by atoms with van der Waals surface area (Å²) in [4.78, 5) is 14.7. The molecule has 80 valence electrons. The molecule has 1 amide bonds. The van der Waals surface area contributed by atoms with Crippen molar-refractivity contribution in [3.8, 4) is 0 Å². The number of thiophene rings is 1. The Morgan fingerprint density at radius 1 is 1.47 bits per heavy atom. The lowest BCUT2D eigenvalue weighted by molar-refractivity contribution is -0.126. The van der Waals surface area contributed by atoms with E-state index in [1.54, 1.807) is 17.4 Å². The van der Waals surface area contributed by atoms with Gasteiger partial charge in [-0.05, 0) is 17.5 Å². The highest BCUT2D eigenvalue weighted by Gasteiger charge is 2.12. The number of hydrogen-bond acceptors (Lipinski definition) is 3. The molecule has 3 nitrogen and oxygen atoms in total. The second-order valence-corrected chi connectivity index (χ2v) is 4.40. The molecule has 0 aromatic carbocycles. The summed E-state index contributed by atoms with van der Waals surface area (Å²) < 4.78 is 0. The Morgan fingerprint density at radius 3 is 2.93 bits per heavy atom. The van der Waals surface area contributed by atoms with Crippen molar-refractivity contribution in [1.29, 1.82) is 0 Å². The Balaban J connectivity index is 1.91. The van der Waals surface area contributed by atoms with Crippen molar-refractivity contribution < 1.29 is 4.79 Å². The van der Waals surface area contributed by atoms with Gasteiger partial charge < -0.3 is 10.2 Å². The average molecular weight is 222 g/mol. The van der Waals surface area contributed by atoms with Gasteiger partial charge in [-0.2, -0.15) is 0 Å². The third kappa shape index (κ3) is 2.91. The maximum atomic E-state index is 11.7. The van der Waals surface area contributed by atoms with Crippen molar-refractivity contribution in [3.63, 3.8) is 0 Å². The lowest BCUT2D eigenvalue weighted by Gasteiger charge is -2.26. The molecule has 2 heterocycles. The lowest BCUT2D eigenvalue weighted by atomic mass is 10.3. The maximum Gasteiger partial charge on any atom is 0.246 e. The quantitative estimate of drug-likeness (QED) is 0.762. The van der Waals surface area contributed by atoms with Crippen LogP contribution >= 0.6 is 11.3 Å². The van der Waals surface area contributed by atoms with Gasteiger partial charge in [-0.3, -0.25) is 4.79 Å². The minimum atomic E-state index is 0.116. The van der Waals surface area contributed by atoms with Crippen molar-refractivity contribution >= 4 is 23.3 Å². The van der Waals surface area contributed by atoms with E-state index in [1.165, 1.54) is 0 Å². The van der Waals surface area contributed by atoms with Crippen LogP contribution in [-0.4, -0.2) is 37.0 Å². The Hall–Kier alpha value is -1.13. The molecule has 15 heavy (non-hydrogen) atoms. The SMILES string of the molecule is O=C(/C=C\c1cccs1)N1CCNCC1. The van der Waals surface area contributed by atoms with Crippen molar-refractivity contribution in [2.75, 3.05) is 26.2 Å². The van der Waals surface area contributed by atoms with E-state index in [4.69, 9.17) is 0 Å². The van der Waals surface area contributed by atoms with E-state index in [0.717, 1.165) is 31.1 Å². The molecule has 0 radical (unpaired) electrons. The fourth-order valence-corrected chi connectivity index (χ4v) is 2.15. The number of amides is 1. The van der Waals surface area contributed by atoms with Crippen molar-refractivity contribution in [2.24, 2.45) is 0 Å². The Morgan fingerprint density at radius 2 is 2.27 bits per heavy atom. The van der Waals surface area contributed by atoms with Gasteiger partial charge in [-0.15, -0.1) is 11.3 Å². The molecule has 0 unspecified atom stereocenters. The average Bonchev–Trinajstić information content (AvgIpc) is 2.80. The van der Waals surface area contributed by atoms with Crippen LogP contribution in [-0.2, 0) is 4.79 Å². The monoisotopic (exact) mass is 222 g/mol. The van der Waals surface area contributed by atoms with Crippen LogP contribution in [0.4, 0.5) is 0 Å². The molecule has 1 fully saturated rings. The summed E-state index contributed by atoms with van der Waals surface area (Å²) in [6, 6.07) is 3.99. The molecule has 1 aliphatic heterocycles. The van der Waals surface area contributed by atoms with E-state index >= 15 is 0 Å². The molecule has 1 N–H and O–H groups in total. The summed E-state index contributed by atoms with van der Waals surface area (Å²) in [6.07, 6.45) is 3.55. The van der Waals surface area contributed by atoms with E-state index in [-0.39, 0.29) is 5.91 Å².